The summed E-state index contributed by atoms with van der Waals surface area (Å²) in [5.41, 5.74) is 2.59. The van der Waals surface area contributed by atoms with Gasteiger partial charge in [-0.1, -0.05) is 37.1 Å². The first kappa shape index (κ1) is 21.9. The Bertz CT molecular complexity index is 1150. The molecule has 2 amide bonds. The first-order chi connectivity index (χ1) is 15.5. The Labute approximate surface area is 191 Å². The van der Waals surface area contributed by atoms with Crippen LogP contribution in [-0.2, 0) is 0 Å². The largest absolute Gasteiger partial charge is 0.507 e. The molecule has 0 spiro atoms. The van der Waals surface area contributed by atoms with Crippen LogP contribution in [-0.4, -0.2) is 33.4 Å². The highest BCUT2D eigenvalue weighted by Gasteiger charge is 2.27. The second kappa shape index (κ2) is 9.44. The molecule has 1 heterocycles. The number of benzene rings is 2. The number of phenolic OH excluding ortho intramolecular Hbond substituents is 1. The van der Waals surface area contributed by atoms with Gasteiger partial charge in [0.25, 0.3) is 5.91 Å². The molecule has 32 heavy (non-hydrogen) atoms. The van der Waals surface area contributed by atoms with Crippen molar-refractivity contribution < 1.29 is 14.7 Å². The Balaban J connectivity index is 1.64. The monoisotopic (exact) mass is 452 g/mol. The summed E-state index contributed by atoms with van der Waals surface area (Å²) in [4.78, 5) is 25.3. The Hall–Kier alpha value is -3.32. The second-order valence-corrected chi connectivity index (χ2v) is 8.30. The van der Waals surface area contributed by atoms with Gasteiger partial charge < -0.3 is 15.7 Å². The van der Waals surface area contributed by atoms with E-state index >= 15 is 0 Å². The van der Waals surface area contributed by atoms with Gasteiger partial charge in [-0.3, -0.25) is 4.79 Å². The maximum absolute atomic E-state index is 12.7. The minimum atomic E-state index is -0.355. The summed E-state index contributed by atoms with van der Waals surface area (Å²) in [5, 5.41) is 21.0. The fraction of sp³-hybridized carbons (Fsp3) is 0.292. The molecule has 3 aromatic rings. The zero-order valence-corrected chi connectivity index (χ0v) is 18.5. The third-order valence-corrected chi connectivity index (χ3v) is 5.96. The molecule has 0 radical (unpaired) electrons. The van der Waals surface area contributed by atoms with E-state index in [1.165, 1.54) is 10.7 Å². The smallest absolute Gasteiger partial charge is 0.342 e. The zero-order chi connectivity index (χ0) is 22.7. The Morgan fingerprint density at radius 3 is 2.66 bits per heavy atom. The lowest BCUT2D eigenvalue weighted by Gasteiger charge is -2.25. The Morgan fingerprint density at radius 1 is 1.19 bits per heavy atom. The third-order valence-electron chi connectivity index (χ3n) is 5.63. The molecule has 0 atom stereocenters. The number of nitrogens with zero attached hydrogens (tertiary/aromatic N) is 2. The van der Waals surface area contributed by atoms with Gasteiger partial charge in [0.15, 0.2) is 0 Å². The maximum Gasteiger partial charge on any atom is 0.342 e. The fourth-order valence-corrected chi connectivity index (χ4v) is 3.88. The molecule has 4 rings (SSSR count). The Morgan fingerprint density at radius 2 is 1.97 bits per heavy atom. The first-order valence-electron chi connectivity index (χ1n) is 10.8. The van der Waals surface area contributed by atoms with Gasteiger partial charge in [0.05, 0.1) is 22.0 Å². The number of aromatic hydroxyl groups is 1. The Kier molecular flexibility index (Phi) is 6.46. The molecule has 7 nitrogen and oxygen atoms in total. The zero-order valence-electron chi connectivity index (χ0n) is 17.8. The van der Waals surface area contributed by atoms with Gasteiger partial charge in [0.1, 0.15) is 5.75 Å². The lowest BCUT2D eigenvalue weighted by Crippen LogP contribution is -2.32. The molecule has 0 aliphatic heterocycles. The van der Waals surface area contributed by atoms with Crippen molar-refractivity contribution in [2.75, 3.05) is 11.9 Å². The van der Waals surface area contributed by atoms with Gasteiger partial charge in [-0.25, -0.2) is 4.79 Å². The number of hydrogen-bond acceptors (Lipinski definition) is 4. The number of amides is 2. The number of rotatable bonds is 6. The highest BCUT2D eigenvalue weighted by Crippen LogP contribution is 2.39. The molecule has 1 fully saturated rings. The second-order valence-electron chi connectivity index (χ2n) is 7.89. The minimum Gasteiger partial charge on any atom is -0.507 e. The lowest BCUT2D eigenvalue weighted by molar-refractivity contribution is 0.102. The van der Waals surface area contributed by atoms with Crippen LogP contribution in [0.25, 0.3) is 11.3 Å². The molecule has 1 aliphatic rings. The van der Waals surface area contributed by atoms with E-state index in [-0.39, 0.29) is 23.6 Å². The van der Waals surface area contributed by atoms with Gasteiger partial charge >= 0.3 is 6.03 Å². The van der Waals surface area contributed by atoms with Crippen LogP contribution in [0.3, 0.4) is 0 Å². The molecule has 0 saturated heterocycles. The normalized spacial score (nSPS) is 13.4. The number of hydrogen-bond donors (Lipinski definition) is 3. The summed E-state index contributed by atoms with van der Waals surface area (Å²) in [6.45, 7) is 2.55. The van der Waals surface area contributed by atoms with Crippen molar-refractivity contribution in [3.05, 3.63) is 64.8 Å². The van der Waals surface area contributed by atoms with E-state index in [1.807, 2.05) is 13.0 Å². The average Bonchev–Trinajstić information content (AvgIpc) is 3.17. The summed E-state index contributed by atoms with van der Waals surface area (Å²) in [6, 6.07) is 13.1. The molecule has 2 aromatic carbocycles. The molecular formula is C24H25ClN4O3. The summed E-state index contributed by atoms with van der Waals surface area (Å²) in [7, 11) is 0. The van der Waals surface area contributed by atoms with Crippen LogP contribution >= 0.6 is 11.6 Å². The van der Waals surface area contributed by atoms with E-state index in [1.54, 1.807) is 36.4 Å². The molecule has 0 bridgehead atoms. The van der Waals surface area contributed by atoms with Crippen LogP contribution in [0.15, 0.2) is 48.5 Å². The van der Waals surface area contributed by atoms with Crippen LogP contribution in [0.5, 0.6) is 5.75 Å². The summed E-state index contributed by atoms with van der Waals surface area (Å²) in [5.74, 6) is -0.0692. The van der Waals surface area contributed by atoms with Crippen molar-refractivity contribution in [1.29, 1.82) is 0 Å². The van der Waals surface area contributed by atoms with Crippen molar-refractivity contribution in [3.8, 4) is 17.0 Å². The van der Waals surface area contributed by atoms with Crippen LogP contribution in [0.4, 0.5) is 10.5 Å². The SMILES string of the molecule is CCCNC(=O)n1nc(-c2cc(NC(=O)c3ccccc3Cl)ccc2O)cc1C1CCC1. The minimum absolute atomic E-state index is 0.0134. The number of carbonyl (C=O) groups is 2. The van der Waals surface area contributed by atoms with Crippen molar-refractivity contribution in [1.82, 2.24) is 15.1 Å². The van der Waals surface area contributed by atoms with Crippen LogP contribution < -0.4 is 10.6 Å². The predicted molar refractivity (Wildman–Crippen MR) is 124 cm³/mol. The topological polar surface area (TPSA) is 96.3 Å². The van der Waals surface area contributed by atoms with E-state index in [4.69, 9.17) is 11.6 Å². The van der Waals surface area contributed by atoms with Gasteiger partial charge in [0, 0.05) is 23.7 Å². The van der Waals surface area contributed by atoms with Crippen molar-refractivity contribution >= 4 is 29.2 Å². The van der Waals surface area contributed by atoms with E-state index in [9.17, 15) is 14.7 Å². The molecule has 1 aliphatic carbocycles. The van der Waals surface area contributed by atoms with E-state index < -0.39 is 0 Å². The van der Waals surface area contributed by atoms with Crippen LogP contribution in [0, 0.1) is 0 Å². The standard InChI is InChI=1S/C24H25ClN4O3/c1-2-12-26-24(32)29-21(15-6-5-7-15)14-20(28-29)18-13-16(10-11-22(18)30)27-23(31)17-8-3-4-9-19(17)25/h3-4,8-11,13-15,30H,2,5-7,12H2,1H3,(H,26,32)(H,27,31). The van der Waals surface area contributed by atoms with Gasteiger partial charge in [-0.05, 0) is 55.7 Å². The highest BCUT2D eigenvalue weighted by molar-refractivity contribution is 6.34. The van der Waals surface area contributed by atoms with Gasteiger partial charge in [-0.15, -0.1) is 0 Å². The number of carbonyl (C=O) groups excluding carboxylic acids is 2. The van der Waals surface area contributed by atoms with E-state index in [0.29, 0.717) is 34.1 Å². The van der Waals surface area contributed by atoms with E-state index in [2.05, 4.69) is 15.7 Å². The number of aromatic nitrogens is 2. The number of anilines is 1. The molecular weight excluding hydrogens is 428 g/mol. The predicted octanol–water partition coefficient (Wildman–Crippen LogP) is 5.40. The van der Waals surface area contributed by atoms with Crippen molar-refractivity contribution in [2.45, 2.75) is 38.5 Å². The van der Waals surface area contributed by atoms with Crippen LogP contribution in [0.2, 0.25) is 5.02 Å². The quantitative estimate of drug-likeness (QED) is 0.436. The molecule has 0 unspecified atom stereocenters. The molecule has 166 valence electrons. The molecule has 8 heteroatoms. The van der Waals surface area contributed by atoms with Crippen molar-refractivity contribution in [2.24, 2.45) is 0 Å². The van der Waals surface area contributed by atoms with Crippen molar-refractivity contribution in [3.63, 3.8) is 0 Å². The highest BCUT2D eigenvalue weighted by atomic mass is 35.5. The first-order valence-corrected chi connectivity index (χ1v) is 11.1. The third kappa shape index (κ3) is 4.48. The number of phenols is 1. The summed E-state index contributed by atoms with van der Waals surface area (Å²) < 4.78 is 1.41. The van der Waals surface area contributed by atoms with Gasteiger partial charge in [-0.2, -0.15) is 9.78 Å². The average molecular weight is 453 g/mol. The molecule has 1 aromatic heterocycles. The van der Waals surface area contributed by atoms with Gasteiger partial charge in [0.2, 0.25) is 0 Å². The molecule has 1 saturated carbocycles. The van der Waals surface area contributed by atoms with Crippen LogP contribution in [0.1, 0.15) is 54.6 Å². The lowest BCUT2D eigenvalue weighted by atomic mass is 9.82. The van der Waals surface area contributed by atoms with E-state index in [0.717, 1.165) is 31.4 Å². The summed E-state index contributed by atoms with van der Waals surface area (Å²) >= 11 is 6.12. The molecule has 3 N–H and O–H groups in total. The number of nitrogens with one attached hydrogen (secondary N) is 2. The number of halogens is 1. The fourth-order valence-electron chi connectivity index (χ4n) is 3.65. The summed E-state index contributed by atoms with van der Waals surface area (Å²) in [6.07, 6.45) is 3.96. The maximum atomic E-state index is 12.7.